The molecule has 0 aliphatic rings. The Bertz CT molecular complexity index is 415. The lowest BCUT2D eigenvalue weighted by Crippen LogP contribution is -2.17. The van der Waals surface area contributed by atoms with Crippen LogP contribution in [0.1, 0.15) is 18.1 Å². The van der Waals surface area contributed by atoms with Crippen LogP contribution in [0.3, 0.4) is 0 Å². The average Bonchev–Trinajstić information content (AvgIpc) is 2.20. The summed E-state index contributed by atoms with van der Waals surface area (Å²) in [6, 6.07) is 5.65. The third kappa shape index (κ3) is 3.36. The summed E-state index contributed by atoms with van der Waals surface area (Å²) in [7, 11) is 1.87. The van der Waals surface area contributed by atoms with Crippen molar-refractivity contribution in [1.82, 2.24) is 10.6 Å². The SMILES string of the molecule is C=C(NC(C)=O)c1cc(CNC)ccc1Cl. The summed E-state index contributed by atoms with van der Waals surface area (Å²) in [6.07, 6.45) is 0. The molecule has 0 unspecified atom stereocenters. The second-order valence-electron chi connectivity index (χ2n) is 3.50. The largest absolute Gasteiger partial charge is 0.326 e. The fraction of sp³-hybridized carbons (Fsp3) is 0.250. The lowest BCUT2D eigenvalue weighted by atomic mass is 10.1. The molecule has 2 N–H and O–H groups in total. The minimum atomic E-state index is -0.153. The van der Waals surface area contributed by atoms with E-state index >= 15 is 0 Å². The first-order valence-electron chi connectivity index (χ1n) is 4.94. The first kappa shape index (κ1) is 12.7. The van der Waals surface area contributed by atoms with Gasteiger partial charge in [-0.2, -0.15) is 0 Å². The van der Waals surface area contributed by atoms with E-state index in [1.807, 2.05) is 19.2 Å². The van der Waals surface area contributed by atoms with Crippen molar-refractivity contribution in [3.63, 3.8) is 0 Å². The Morgan fingerprint density at radius 3 is 2.75 bits per heavy atom. The molecule has 0 atom stereocenters. The van der Waals surface area contributed by atoms with Gasteiger partial charge in [-0.15, -0.1) is 0 Å². The number of halogens is 1. The molecule has 1 amide bonds. The van der Waals surface area contributed by atoms with E-state index in [1.165, 1.54) is 6.92 Å². The minimum Gasteiger partial charge on any atom is -0.326 e. The maximum absolute atomic E-state index is 10.9. The van der Waals surface area contributed by atoms with Crippen molar-refractivity contribution in [3.05, 3.63) is 40.9 Å². The molecule has 0 saturated carbocycles. The summed E-state index contributed by atoms with van der Waals surface area (Å²) in [6.45, 7) is 5.98. The summed E-state index contributed by atoms with van der Waals surface area (Å²) < 4.78 is 0. The molecule has 0 heterocycles. The molecular formula is C12H15ClN2O. The Labute approximate surface area is 100 Å². The second kappa shape index (κ2) is 5.68. The van der Waals surface area contributed by atoms with Gasteiger partial charge in [0.1, 0.15) is 0 Å². The lowest BCUT2D eigenvalue weighted by Gasteiger charge is -2.10. The van der Waals surface area contributed by atoms with Crippen molar-refractivity contribution in [2.24, 2.45) is 0 Å². The molecule has 0 fully saturated rings. The van der Waals surface area contributed by atoms with Gasteiger partial charge in [0.2, 0.25) is 5.91 Å². The third-order valence-corrected chi connectivity index (χ3v) is 2.39. The molecule has 0 aliphatic carbocycles. The lowest BCUT2D eigenvalue weighted by molar-refractivity contribution is -0.117. The van der Waals surface area contributed by atoms with Crippen LogP contribution >= 0.6 is 11.6 Å². The Morgan fingerprint density at radius 1 is 1.50 bits per heavy atom. The summed E-state index contributed by atoms with van der Waals surface area (Å²) in [5.41, 5.74) is 2.37. The first-order chi connectivity index (χ1) is 7.54. The Hall–Kier alpha value is -1.32. The number of rotatable bonds is 4. The highest BCUT2D eigenvalue weighted by Gasteiger charge is 2.06. The molecule has 1 aromatic carbocycles. The smallest absolute Gasteiger partial charge is 0.221 e. The molecule has 4 heteroatoms. The van der Waals surface area contributed by atoms with Crippen molar-refractivity contribution in [1.29, 1.82) is 0 Å². The molecular weight excluding hydrogens is 224 g/mol. The number of nitrogens with one attached hydrogen (secondary N) is 2. The van der Waals surface area contributed by atoms with E-state index in [0.29, 0.717) is 10.7 Å². The zero-order valence-corrected chi connectivity index (χ0v) is 10.2. The third-order valence-electron chi connectivity index (χ3n) is 2.06. The van der Waals surface area contributed by atoms with Gasteiger partial charge in [0.25, 0.3) is 0 Å². The number of hydrogen-bond donors (Lipinski definition) is 2. The predicted octanol–water partition coefficient (Wildman–Crippen LogP) is 2.17. The number of amides is 1. The van der Waals surface area contributed by atoms with E-state index in [1.54, 1.807) is 6.07 Å². The Morgan fingerprint density at radius 2 is 2.19 bits per heavy atom. The molecule has 0 aromatic heterocycles. The van der Waals surface area contributed by atoms with Gasteiger partial charge in [0, 0.05) is 29.8 Å². The maximum atomic E-state index is 10.9. The summed E-state index contributed by atoms with van der Waals surface area (Å²) >= 11 is 6.04. The Balaban J connectivity index is 2.97. The number of carbonyl (C=O) groups is 1. The van der Waals surface area contributed by atoms with Gasteiger partial charge >= 0.3 is 0 Å². The number of hydrogen-bond acceptors (Lipinski definition) is 2. The first-order valence-corrected chi connectivity index (χ1v) is 5.32. The monoisotopic (exact) mass is 238 g/mol. The fourth-order valence-electron chi connectivity index (χ4n) is 1.40. The molecule has 0 aliphatic heterocycles. The van der Waals surface area contributed by atoms with Gasteiger partial charge in [0.05, 0.1) is 0 Å². The van der Waals surface area contributed by atoms with Crippen molar-refractivity contribution in [3.8, 4) is 0 Å². The van der Waals surface area contributed by atoms with Crippen LogP contribution in [0.4, 0.5) is 0 Å². The van der Waals surface area contributed by atoms with Crippen molar-refractivity contribution in [2.45, 2.75) is 13.5 Å². The number of benzene rings is 1. The van der Waals surface area contributed by atoms with Gasteiger partial charge in [-0.1, -0.05) is 24.2 Å². The van der Waals surface area contributed by atoms with Crippen LogP contribution in [0, 0.1) is 0 Å². The standard InChI is InChI=1S/C12H15ClN2O/c1-8(15-9(2)16)11-6-10(7-14-3)4-5-12(11)13/h4-6,14H,1,7H2,2-3H3,(H,15,16). The molecule has 3 nitrogen and oxygen atoms in total. The van der Waals surface area contributed by atoms with E-state index in [2.05, 4.69) is 17.2 Å². The highest BCUT2D eigenvalue weighted by atomic mass is 35.5. The van der Waals surface area contributed by atoms with E-state index < -0.39 is 0 Å². The van der Waals surface area contributed by atoms with Gasteiger partial charge < -0.3 is 10.6 Å². The predicted molar refractivity (Wildman–Crippen MR) is 67.1 cm³/mol. The van der Waals surface area contributed by atoms with Crippen LogP contribution in [0.25, 0.3) is 5.70 Å². The minimum absolute atomic E-state index is 0.153. The molecule has 16 heavy (non-hydrogen) atoms. The highest BCUT2D eigenvalue weighted by molar-refractivity contribution is 6.32. The van der Waals surface area contributed by atoms with Gasteiger partial charge in [0.15, 0.2) is 0 Å². The van der Waals surface area contributed by atoms with Gasteiger partial charge in [-0.3, -0.25) is 4.79 Å². The summed E-state index contributed by atoms with van der Waals surface area (Å²) in [4.78, 5) is 10.9. The fourth-order valence-corrected chi connectivity index (χ4v) is 1.63. The van der Waals surface area contributed by atoms with E-state index in [4.69, 9.17) is 11.6 Å². The van der Waals surface area contributed by atoms with E-state index in [-0.39, 0.29) is 5.91 Å². The van der Waals surface area contributed by atoms with E-state index in [0.717, 1.165) is 17.7 Å². The molecule has 1 rings (SSSR count). The topological polar surface area (TPSA) is 41.1 Å². The maximum Gasteiger partial charge on any atom is 0.221 e. The molecule has 0 radical (unpaired) electrons. The van der Waals surface area contributed by atoms with Gasteiger partial charge in [-0.25, -0.2) is 0 Å². The molecule has 0 bridgehead atoms. The molecule has 0 saturated heterocycles. The van der Waals surface area contributed by atoms with Crippen LogP contribution in [0.5, 0.6) is 0 Å². The van der Waals surface area contributed by atoms with Crippen LogP contribution in [0.2, 0.25) is 5.02 Å². The molecule has 86 valence electrons. The van der Waals surface area contributed by atoms with Crippen molar-refractivity contribution in [2.75, 3.05) is 7.05 Å². The van der Waals surface area contributed by atoms with Gasteiger partial charge in [-0.05, 0) is 24.7 Å². The van der Waals surface area contributed by atoms with E-state index in [9.17, 15) is 4.79 Å². The zero-order valence-electron chi connectivity index (χ0n) is 9.43. The quantitative estimate of drug-likeness (QED) is 0.844. The van der Waals surface area contributed by atoms with Crippen LogP contribution < -0.4 is 10.6 Å². The summed E-state index contributed by atoms with van der Waals surface area (Å²) in [5, 5.41) is 6.26. The van der Waals surface area contributed by atoms with Crippen molar-refractivity contribution >= 4 is 23.2 Å². The van der Waals surface area contributed by atoms with Crippen LogP contribution in [0.15, 0.2) is 24.8 Å². The Kier molecular flexibility index (Phi) is 4.52. The average molecular weight is 239 g/mol. The molecule has 0 spiro atoms. The van der Waals surface area contributed by atoms with Crippen LogP contribution in [-0.4, -0.2) is 13.0 Å². The highest BCUT2D eigenvalue weighted by Crippen LogP contribution is 2.22. The number of carbonyl (C=O) groups excluding carboxylic acids is 1. The normalized spacial score (nSPS) is 9.94. The van der Waals surface area contributed by atoms with Crippen molar-refractivity contribution < 1.29 is 4.79 Å². The second-order valence-corrected chi connectivity index (χ2v) is 3.91. The zero-order chi connectivity index (χ0) is 12.1. The summed E-state index contributed by atoms with van der Waals surface area (Å²) in [5.74, 6) is -0.153. The molecule has 1 aromatic rings. The van der Waals surface area contributed by atoms with Crippen LogP contribution in [-0.2, 0) is 11.3 Å².